The molecule has 0 spiro atoms. The number of hydrogen-bond acceptors (Lipinski definition) is 3. The van der Waals surface area contributed by atoms with Crippen molar-refractivity contribution in [3.63, 3.8) is 0 Å². The van der Waals surface area contributed by atoms with Crippen molar-refractivity contribution >= 4 is 21.8 Å². The van der Waals surface area contributed by atoms with Gasteiger partial charge in [0.15, 0.2) is 0 Å². The number of halogens is 1. The molecule has 0 radical (unpaired) electrons. The van der Waals surface area contributed by atoms with Crippen LogP contribution in [0.5, 0.6) is 11.5 Å². The van der Waals surface area contributed by atoms with Crippen molar-refractivity contribution in [2.75, 3.05) is 27.3 Å². The lowest BCUT2D eigenvalue weighted by molar-refractivity contribution is 0.0720. The van der Waals surface area contributed by atoms with E-state index in [2.05, 4.69) is 15.9 Å². The molecule has 1 heterocycles. The van der Waals surface area contributed by atoms with Crippen LogP contribution in [0.4, 0.5) is 0 Å². The maximum Gasteiger partial charge on any atom is 0.257 e. The van der Waals surface area contributed by atoms with Gasteiger partial charge in [-0.3, -0.25) is 4.79 Å². The second-order valence-electron chi connectivity index (χ2n) is 4.54. The van der Waals surface area contributed by atoms with Crippen molar-refractivity contribution in [2.45, 2.75) is 19.3 Å². The highest BCUT2D eigenvalue weighted by Gasteiger charge is 2.23. The summed E-state index contributed by atoms with van der Waals surface area (Å²) in [5.41, 5.74) is 0.552. The third-order valence-electron chi connectivity index (χ3n) is 3.33. The zero-order valence-electron chi connectivity index (χ0n) is 11.2. The maximum absolute atomic E-state index is 12.6. The molecule has 0 saturated carbocycles. The molecule has 1 aliphatic rings. The molecule has 0 unspecified atom stereocenters. The van der Waals surface area contributed by atoms with Crippen LogP contribution in [0.15, 0.2) is 16.6 Å². The SMILES string of the molecule is COc1cc(Br)c(OC)c(C(=O)N2CCCCC2)c1. The Bertz CT molecular complexity index is 470. The molecule has 1 aromatic rings. The Kier molecular flexibility index (Phi) is 4.69. The molecule has 2 rings (SSSR count). The Hall–Kier alpha value is -1.23. The summed E-state index contributed by atoms with van der Waals surface area (Å²) in [4.78, 5) is 14.5. The van der Waals surface area contributed by atoms with Gasteiger partial charge in [0.25, 0.3) is 5.91 Å². The fraction of sp³-hybridized carbons (Fsp3) is 0.500. The van der Waals surface area contributed by atoms with Crippen LogP contribution in [-0.2, 0) is 0 Å². The molecule has 0 atom stereocenters. The number of likely N-dealkylation sites (tertiary alicyclic amines) is 1. The van der Waals surface area contributed by atoms with E-state index in [4.69, 9.17) is 9.47 Å². The molecule has 5 heteroatoms. The number of carbonyl (C=O) groups excluding carboxylic acids is 1. The molecule has 1 amide bonds. The van der Waals surface area contributed by atoms with Crippen molar-refractivity contribution in [3.8, 4) is 11.5 Å². The molecule has 0 bridgehead atoms. The molecule has 0 aliphatic carbocycles. The molecule has 104 valence electrons. The smallest absolute Gasteiger partial charge is 0.257 e. The Balaban J connectivity index is 2.35. The monoisotopic (exact) mass is 327 g/mol. The number of hydrogen-bond donors (Lipinski definition) is 0. The van der Waals surface area contributed by atoms with Crippen LogP contribution in [0.1, 0.15) is 29.6 Å². The van der Waals surface area contributed by atoms with Crippen molar-refractivity contribution < 1.29 is 14.3 Å². The highest BCUT2D eigenvalue weighted by molar-refractivity contribution is 9.10. The van der Waals surface area contributed by atoms with Crippen LogP contribution >= 0.6 is 15.9 Å². The zero-order valence-corrected chi connectivity index (χ0v) is 12.8. The van der Waals surface area contributed by atoms with Gasteiger partial charge >= 0.3 is 0 Å². The highest BCUT2D eigenvalue weighted by atomic mass is 79.9. The number of methoxy groups -OCH3 is 2. The lowest BCUT2D eigenvalue weighted by Gasteiger charge is -2.27. The first-order chi connectivity index (χ1) is 9.17. The fourth-order valence-electron chi connectivity index (χ4n) is 2.32. The van der Waals surface area contributed by atoms with Gasteiger partial charge in [0.2, 0.25) is 0 Å². The Labute approximate surface area is 121 Å². The van der Waals surface area contributed by atoms with E-state index in [1.54, 1.807) is 26.4 Å². The molecule has 4 nitrogen and oxygen atoms in total. The third-order valence-corrected chi connectivity index (χ3v) is 3.92. The van der Waals surface area contributed by atoms with Gasteiger partial charge in [0.1, 0.15) is 11.5 Å². The third kappa shape index (κ3) is 3.03. The maximum atomic E-state index is 12.6. The number of amides is 1. The van der Waals surface area contributed by atoms with Crippen molar-refractivity contribution in [3.05, 3.63) is 22.2 Å². The van der Waals surface area contributed by atoms with E-state index in [-0.39, 0.29) is 5.91 Å². The minimum atomic E-state index is 0.0103. The molecular weight excluding hydrogens is 310 g/mol. The molecule has 1 aromatic carbocycles. The van der Waals surface area contributed by atoms with E-state index in [0.717, 1.165) is 30.4 Å². The predicted octanol–water partition coefficient (Wildman–Crippen LogP) is 3.09. The number of benzene rings is 1. The van der Waals surface area contributed by atoms with Gasteiger partial charge in [0, 0.05) is 13.1 Å². The molecule has 0 aromatic heterocycles. The first-order valence-corrected chi connectivity index (χ1v) is 7.17. The summed E-state index contributed by atoms with van der Waals surface area (Å²) in [7, 11) is 3.16. The summed E-state index contributed by atoms with van der Waals surface area (Å²) in [5, 5.41) is 0. The number of rotatable bonds is 3. The average molecular weight is 328 g/mol. The minimum absolute atomic E-state index is 0.0103. The topological polar surface area (TPSA) is 38.8 Å². The standard InChI is InChI=1S/C14H18BrNO3/c1-18-10-8-11(13(19-2)12(15)9-10)14(17)16-6-4-3-5-7-16/h8-9H,3-7H2,1-2H3. The van der Waals surface area contributed by atoms with Gasteiger partial charge in [-0.05, 0) is 47.3 Å². The number of ether oxygens (including phenoxy) is 2. The van der Waals surface area contributed by atoms with E-state index in [1.165, 1.54) is 6.42 Å². The minimum Gasteiger partial charge on any atom is -0.497 e. The molecule has 1 aliphatic heterocycles. The van der Waals surface area contributed by atoms with Gasteiger partial charge in [0.05, 0.1) is 24.3 Å². The first kappa shape index (κ1) is 14.2. The zero-order chi connectivity index (χ0) is 13.8. The largest absolute Gasteiger partial charge is 0.497 e. The molecule has 1 saturated heterocycles. The lowest BCUT2D eigenvalue weighted by Crippen LogP contribution is -2.35. The molecule has 19 heavy (non-hydrogen) atoms. The van der Waals surface area contributed by atoms with Crippen molar-refractivity contribution in [1.29, 1.82) is 0 Å². The number of carbonyl (C=O) groups is 1. The van der Waals surface area contributed by atoms with Gasteiger partial charge in [-0.1, -0.05) is 0 Å². The van der Waals surface area contributed by atoms with Gasteiger partial charge in [-0.25, -0.2) is 0 Å². The predicted molar refractivity (Wildman–Crippen MR) is 77.0 cm³/mol. The summed E-state index contributed by atoms with van der Waals surface area (Å²) >= 11 is 3.42. The first-order valence-electron chi connectivity index (χ1n) is 6.38. The van der Waals surface area contributed by atoms with Crippen molar-refractivity contribution in [2.24, 2.45) is 0 Å². The molecule has 1 fully saturated rings. The summed E-state index contributed by atoms with van der Waals surface area (Å²) in [6, 6.07) is 3.53. The van der Waals surface area contributed by atoms with Crippen molar-refractivity contribution in [1.82, 2.24) is 4.90 Å². The van der Waals surface area contributed by atoms with Crippen LogP contribution in [0.25, 0.3) is 0 Å². The van der Waals surface area contributed by atoms with E-state index in [0.29, 0.717) is 17.1 Å². The van der Waals surface area contributed by atoms with E-state index < -0.39 is 0 Å². The lowest BCUT2D eigenvalue weighted by atomic mass is 10.1. The average Bonchev–Trinajstić information content (AvgIpc) is 2.46. The van der Waals surface area contributed by atoms with Crippen LogP contribution in [0.2, 0.25) is 0 Å². The summed E-state index contributed by atoms with van der Waals surface area (Å²) in [5.74, 6) is 1.22. The fourth-order valence-corrected chi connectivity index (χ4v) is 2.92. The van der Waals surface area contributed by atoms with E-state index >= 15 is 0 Å². The summed E-state index contributed by atoms with van der Waals surface area (Å²) < 4.78 is 11.3. The van der Waals surface area contributed by atoms with Gasteiger partial charge in [-0.15, -0.1) is 0 Å². The van der Waals surface area contributed by atoms with Gasteiger partial charge in [-0.2, -0.15) is 0 Å². The van der Waals surface area contributed by atoms with Gasteiger partial charge < -0.3 is 14.4 Å². The van der Waals surface area contributed by atoms with E-state index in [9.17, 15) is 4.79 Å². The summed E-state index contributed by atoms with van der Waals surface area (Å²) in [6.45, 7) is 1.63. The van der Waals surface area contributed by atoms with Crippen LogP contribution in [0, 0.1) is 0 Å². The molecular formula is C14H18BrNO3. The van der Waals surface area contributed by atoms with Crippen LogP contribution in [-0.4, -0.2) is 38.1 Å². The number of nitrogens with zero attached hydrogens (tertiary/aromatic N) is 1. The van der Waals surface area contributed by atoms with Crippen LogP contribution < -0.4 is 9.47 Å². The van der Waals surface area contributed by atoms with E-state index in [1.807, 2.05) is 4.90 Å². The second-order valence-corrected chi connectivity index (χ2v) is 5.40. The molecule has 0 N–H and O–H groups in total. The Morgan fingerprint density at radius 2 is 1.84 bits per heavy atom. The van der Waals surface area contributed by atoms with Crippen LogP contribution in [0.3, 0.4) is 0 Å². The Morgan fingerprint density at radius 1 is 1.16 bits per heavy atom. The Morgan fingerprint density at radius 3 is 2.42 bits per heavy atom. The number of piperidine rings is 1. The second kappa shape index (κ2) is 6.28. The highest BCUT2D eigenvalue weighted by Crippen LogP contribution is 2.34. The summed E-state index contributed by atoms with van der Waals surface area (Å²) in [6.07, 6.45) is 3.33. The quantitative estimate of drug-likeness (QED) is 0.856. The normalized spacial score (nSPS) is 15.2.